The van der Waals surface area contributed by atoms with Gasteiger partial charge in [0.15, 0.2) is 10.8 Å². The number of hydrogen-bond acceptors (Lipinski definition) is 6. The second-order valence-corrected chi connectivity index (χ2v) is 4.65. The molecule has 2 rings (SSSR count). The fourth-order valence-electron chi connectivity index (χ4n) is 1.66. The fourth-order valence-corrected chi connectivity index (χ4v) is 2.41. The molecule has 5 nitrogen and oxygen atoms in total. The molecule has 6 heteroatoms. The highest BCUT2D eigenvalue weighted by atomic mass is 32.1. The van der Waals surface area contributed by atoms with Crippen LogP contribution < -0.4 is 5.32 Å². The number of nitrogens with one attached hydrogen (secondary N) is 1. The first-order valence-corrected chi connectivity index (χ1v) is 6.64. The average molecular weight is 256 g/mol. The zero-order valence-corrected chi connectivity index (χ0v) is 10.6. The van der Waals surface area contributed by atoms with Crippen LogP contribution >= 0.6 is 11.3 Å². The van der Waals surface area contributed by atoms with Crippen LogP contribution in [0.5, 0.6) is 0 Å². The van der Waals surface area contributed by atoms with Crippen LogP contribution in [0.2, 0.25) is 0 Å². The van der Waals surface area contributed by atoms with Gasteiger partial charge in [0.2, 0.25) is 0 Å². The van der Waals surface area contributed by atoms with E-state index in [0.29, 0.717) is 18.3 Å². The first kappa shape index (κ1) is 12.3. The summed E-state index contributed by atoms with van der Waals surface area (Å²) < 4.78 is 10.2. The van der Waals surface area contributed by atoms with E-state index in [1.54, 1.807) is 12.3 Å². The number of nitrogens with zero attached hydrogens (tertiary/aromatic N) is 1. The summed E-state index contributed by atoms with van der Waals surface area (Å²) in [6.45, 7) is 3.73. The van der Waals surface area contributed by atoms with Crippen LogP contribution in [0, 0.1) is 0 Å². The number of ether oxygens (including phenoxy) is 2. The number of carbonyl (C=O) groups is 1. The first-order chi connectivity index (χ1) is 8.29. The van der Waals surface area contributed by atoms with Crippen LogP contribution in [0.15, 0.2) is 5.38 Å². The van der Waals surface area contributed by atoms with E-state index in [0.717, 1.165) is 31.2 Å². The topological polar surface area (TPSA) is 60.5 Å². The smallest absolute Gasteiger partial charge is 0.357 e. The van der Waals surface area contributed by atoms with Gasteiger partial charge in [-0.25, -0.2) is 9.78 Å². The van der Waals surface area contributed by atoms with Gasteiger partial charge in [0, 0.05) is 24.6 Å². The van der Waals surface area contributed by atoms with Crippen LogP contribution in [-0.4, -0.2) is 36.8 Å². The predicted octanol–water partition coefficient (Wildman–Crippen LogP) is 1.91. The van der Waals surface area contributed by atoms with Crippen LogP contribution in [0.4, 0.5) is 5.13 Å². The summed E-state index contributed by atoms with van der Waals surface area (Å²) >= 11 is 1.43. The third-order valence-electron chi connectivity index (χ3n) is 2.54. The molecule has 1 aliphatic heterocycles. The summed E-state index contributed by atoms with van der Waals surface area (Å²) in [6, 6.07) is 0.393. The molecule has 0 bridgehead atoms. The second-order valence-electron chi connectivity index (χ2n) is 3.79. The molecular formula is C11H16N2O3S. The standard InChI is InChI=1S/C11H16N2O3S/c1-2-16-10(14)9-7-17-11(13-9)12-8-3-5-15-6-4-8/h7-8H,2-6H2,1H3,(H,12,13). The average Bonchev–Trinajstić information content (AvgIpc) is 2.79. The Bertz CT molecular complexity index is 375. The molecule has 0 saturated carbocycles. The lowest BCUT2D eigenvalue weighted by Gasteiger charge is -2.22. The Morgan fingerprint density at radius 1 is 1.65 bits per heavy atom. The van der Waals surface area contributed by atoms with E-state index in [1.165, 1.54) is 11.3 Å². The van der Waals surface area contributed by atoms with E-state index in [2.05, 4.69) is 10.3 Å². The van der Waals surface area contributed by atoms with Crippen LogP contribution in [0.25, 0.3) is 0 Å². The number of carbonyl (C=O) groups excluding carboxylic acids is 1. The van der Waals surface area contributed by atoms with E-state index in [1.807, 2.05) is 0 Å². The van der Waals surface area contributed by atoms with E-state index >= 15 is 0 Å². The minimum Gasteiger partial charge on any atom is -0.461 e. The van der Waals surface area contributed by atoms with E-state index in [-0.39, 0.29) is 5.97 Å². The highest BCUT2D eigenvalue weighted by Crippen LogP contribution is 2.20. The van der Waals surface area contributed by atoms with E-state index in [4.69, 9.17) is 9.47 Å². The van der Waals surface area contributed by atoms with Gasteiger partial charge in [-0.15, -0.1) is 11.3 Å². The summed E-state index contributed by atoms with van der Waals surface area (Å²) in [7, 11) is 0. The number of esters is 1. The molecule has 17 heavy (non-hydrogen) atoms. The maximum atomic E-state index is 11.4. The van der Waals surface area contributed by atoms with Crippen molar-refractivity contribution in [1.29, 1.82) is 0 Å². The van der Waals surface area contributed by atoms with Gasteiger partial charge in [-0.1, -0.05) is 0 Å². The van der Waals surface area contributed by atoms with Gasteiger partial charge in [0.1, 0.15) is 0 Å². The van der Waals surface area contributed by atoms with Crippen molar-refractivity contribution in [2.45, 2.75) is 25.8 Å². The van der Waals surface area contributed by atoms with Gasteiger partial charge in [0.25, 0.3) is 0 Å². The van der Waals surface area contributed by atoms with Gasteiger partial charge in [-0.2, -0.15) is 0 Å². The molecular weight excluding hydrogens is 240 g/mol. The Labute approximate surface area is 104 Å². The van der Waals surface area contributed by atoms with Crippen molar-refractivity contribution in [3.63, 3.8) is 0 Å². The van der Waals surface area contributed by atoms with Gasteiger partial charge in [-0.3, -0.25) is 0 Å². The predicted molar refractivity (Wildman–Crippen MR) is 65.5 cm³/mol. The third kappa shape index (κ3) is 3.41. The number of rotatable bonds is 4. The summed E-state index contributed by atoms with van der Waals surface area (Å²) in [4.78, 5) is 15.6. The summed E-state index contributed by atoms with van der Waals surface area (Å²) in [5.41, 5.74) is 0.381. The molecule has 1 aromatic rings. The lowest BCUT2D eigenvalue weighted by molar-refractivity contribution is 0.0520. The zero-order valence-electron chi connectivity index (χ0n) is 9.77. The van der Waals surface area contributed by atoms with Gasteiger partial charge in [0.05, 0.1) is 6.61 Å². The Morgan fingerprint density at radius 3 is 3.12 bits per heavy atom. The zero-order chi connectivity index (χ0) is 12.1. The van der Waals surface area contributed by atoms with Crippen molar-refractivity contribution in [3.05, 3.63) is 11.1 Å². The van der Waals surface area contributed by atoms with Gasteiger partial charge < -0.3 is 14.8 Å². The maximum absolute atomic E-state index is 11.4. The molecule has 0 radical (unpaired) electrons. The molecule has 0 spiro atoms. The minimum absolute atomic E-state index is 0.358. The molecule has 0 unspecified atom stereocenters. The SMILES string of the molecule is CCOC(=O)c1csc(NC2CCOCC2)n1. The largest absolute Gasteiger partial charge is 0.461 e. The Balaban J connectivity index is 1.91. The maximum Gasteiger partial charge on any atom is 0.357 e. The number of aromatic nitrogens is 1. The molecule has 1 saturated heterocycles. The summed E-state index contributed by atoms with van der Waals surface area (Å²) in [5.74, 6) is -0.358. The Hall–Kier alpha value is -1.14. The first-order valence-electron chi connectivity index (χ1n) is 5.76. The van der Waals surface area contributed by atoms with Crippen LogP contribution in [0.3, 0.4) is 0 Å². The number of hydrogen-bond donors (Lipinski definition) is 1. The molecule has 0 aromatic carbocycles. The minimum atomic E-state index is -0.358. The summed E-state index contributed by atoms with van der Waals surface area (Å²) in [5, 5.41) is 5.82. The lowest BCUT2D eigenvalue weighted by atomic mass is 10.1. The van der Waals surface area contributed by atoms with Crippen molar-refractivity contribution in [1.82, 2.24) is 4.98 Å². The molecule has 2 heterocycles. The van der Waals surface area contributed by atoms with Crippen molar-refractivity contribution in [3.8, 4) is 0 Å². The van der Waals surface area contributed by atoms with Crippen molar-refractivity contribution in [2.24, 2.45) is 0 Å². The second kappa shape index (κ2) is 5.97. The molecule has 1 aliphatic rings. The van der Waals surface area contributed by atoms with Crippen molar-refractivity contribution in [2.75, 3.05) is 25.1 Å². The molecule has 1 fully saturated rings. The third-order valence-corrected chi connectivity index (χ3v) is 3.31. The molecule has 0 aliphatic carbocycles. The highest BCUT2D eigenvalue weighted by Gasteiger charge is 2.16. The molecule has 94 valence electrons. The number of thiazole rings is 1. The monoisotopic (exact) mass is 256 g/mol. The van der Waals surface area contributed by atoms with Crippen molar-refractivity contribution < 1.29 is 14.3 Å². The fraction of sp³-hybridized carbons (Fsp3) is 0.636. The Morgan fingerprint density at radius 2 is 2.41 bits per heavy atom. The Kier molecular flexibility index (Phi) is 4.33. The molecule has 1 N–H and O–H groups in total. The van der Waals surface area contributed by atoms with Crippen LogP contribution in [0.1, 0.15) is 30.3 Å². The van der Waals surface area contributed by atoms with Crippen molar-refractivity contribution >= 4 is 22.4 Å². The lowest BCUT2D eigenvalue weighted by Crippen LogP contribution is -2.27. The molecule has 0 amide bonds. The number of anilines is 1. The van der Waals surface area contributed by atoms with Gasteiger partial charge in [-0.05, 0) is 19.8 Å². The van der Waals surface area contributed by atoms with Gasteiger partial charge >= 0.3 is 5.97 Å². The molecule has 0 atom stereocenters. The van der Waals surface area contributed by atoms with Crippen LogP contribution in [-0.2, 0) is 9.47 Å². The van der Waals surface area contributed by atoms with E-state index < -0.39 is 0 Å². The summed E-state index contributed by atoms with van der Waals surface area (Å²) in [6.07, 6.45) is 1.96. The quantitative estimate of drug-likeness (QED) is 0.834. The molecule has 1 aromatic heterocycles. The highest BCUT2D eigenvalue weighted by molar-refractivity contribution is 7.13. The normalized spacial score (nSPS) is 16.8. The van der Waals surface area contributed by atoms with E-state index in [9.17, 15) is 4.79 Å².